The Morgan fingerprint density at radius 1 is 1.15 bits per heavy atom. The zero-order valence-corrected chi connectivity index (χ0v) is 17.0. The van der Waals surface area contributed by atoms with E-state index >= 15 is 0 Å². The molecule has 26 heavy (non-hydrogen) atoms. The lowest BCUT2D eigenvalue weighted by Gasteiger charge is -2.44. The minimum absolute atomic E-state index is 0.104. The molecule has 1 amide bonds. The van der Waals surface area contributed by atoms with Crippen LogP contribution in [-0.2, 0) is 10.2 Å². The summed E-state index contributed by atoms with van der Waals surface area (Å²) in [5.41, 5.74) is 1.82. The van der Waals surface area contributed by atoms with Gasteiger partial charge in [-0.2, -0.15) is 5.26 Å². The number of piperidine rings is 1. The number of carbonyl (C=O) groups is 1. The maximum atomic E-state index is 12.4. The Morgan fingerprint density at radius 3 is 2.12 bits per heavy atom. The summed E-state index contributed by atoms with van der Waals surface area (Å²) in [6, 6.07) is 11.2. The van der Waals surface area contributed by atoms with Crippen LogP contribution in [0.5, 0.6) is 0 Å². The van der Waals surface area contributed by atoms with Crippen molar-refractivity contribution in [3.05, 3.63) is 35.4 Å². The fourth-order valence-corrected chi connectivity index (χ4v) is 3.71. The first-order valence-electron chi connectivity index (χ1n) is 9.57. The molecule has 0 radical (unpaired) electrons. The second-order valence-corrected chi connectivity index (χ2v) is 8.75. The van der Waals surface area contributed by atoms with Crippen molar-refractivity contribution in [2.45, 2.75) is 71.3 Å². The van der Waals surface area contributed by atoms with E-state index in [1.54, 1.807) is 4.90 Å². The van der Waals surface area contributed by atoms with Crippen LogP contribution < -0.4 is 0 Å². The monoisotopic (exact) mass is 356 g/mol. The number of rotatable bonds is 3. The summed E-state index contributed by atoms with van der Waals surface area (Å²) >= 11 is 0. The summed E-state index contributed by atoms with van der Waals surface area (Å²) in [5, 5.41) is 9.63. The molecule has 0 saturated carbocycles. The zero-order valence-electron chi connectivity index (χ0n) is 17.0. The number of likely N-dealkylation sites (tertiary alicyclic amines) is 1. The Labute approximate surface area is 158 Å². The first-order valence-corrected chi connectivity index (χ1v) is 9.57. The lowest BCUT2D eigenvalue weighted by molar-refractivity contribution is 0.0145. The Kier molecular flexibility index (Phi) is 6.01. The molecule has 2 rings (SSSR count). The van der Waals surface area contributed by atoms with Crippen molar-refractivity contribution in [3.63, 3.8) is 0 Å². The van der Waals surface area contributed by atoms with E-state index in [-0.39, 0.29) is 17.4 Å². The highest BCUT2D eigenvalue weighted by atomic mass is 16.6. The predicted octanol–water partition coefficient (Wildman–Crippen LogP) is 5.24. The van der Waals surface area contributed by atoms with Gasteiger partial charge in [0.05, 0.1) is 12.0 Å². The maximum Gasteiger partial charge on any atom is 0.410 e. The Balaban J connectivity index is 2.20. The fraction of sp³-hybridized carbons (Fsp3) is 0.636. The number of nitrogens with zero attached hydrogens (tertiary/aromatic N) is 2. The number of hydrogen-bond donors (Lipinski definition) is 0. The van der Waals surface area contributed by atoms with Gasteiger partial charge in [0.1, 0.15) is 5.60 Å². The van der Waals surface area contributed by atoms with Crippen molar-refractivity contribution in [1.29, 1.82) is 5.26 Å². The topological polar surface area (TPSA) is 53.3 Å². The van der Waals surface area contributed by atoms with Crippen molar-refractivity contribution in [2.75, 3.05) is 13.1 Å². The second kappa shape index (κ2) is 7.70. The third-order valence-electron chi connectivity index (χ3n) is 5.48. The summed E-state index contributed by atoms with van der Waals surface area (Å²) in [6.07, 6.45) is 1.30. The van der Waals surface area contributed by atoms with Crippen LogP contribution in [0.15, 0.2) is 24.3 Å². The highest BCUT2D eigenvalue weighted by Crippen LogP contribution is 2.42. The standard InChI is InChI=1S/C22H32N2O2/c1-16(2)18-7-9-19(10-8-18)22(17(3)15-23)11-13-24(14-12-22)20(25)26-21(4,5)6/h7-10,16-17H,11-14H2,1-6H3. The molecule has 142 valence electrons. The molecule has 0 N–H and O–H groups in total. The van der Waals surface area contributed by atoms with Gasteiger partial charge in [0.2, 0.25) is 0 Å². The first kappa shape index (κ1) is 20.3. The first-order chi connectivity index (χ1) is 12.1. The second-order valence-electron chi connectivity index (χ2n) is 8.75. The summed E-state index contributed by atoms with van der Waals surface area (Å²) < 4.78 is 5.50. The van der Waals surface area contributed by atoms with E-state index in [9.17, 15) is 10.1 Å². The van der Waals surface area contributed by atoms with Crippen LogP contribution in [0, 0.1) is 17.2 Å². The van der Waals surface area contributed by atoms with E-state index in [1.807, 2.05) is 27.7 Å². The van der Waals surface area contributed by atoms with E-state index in [0.29, 0.717) is 19.0 Å². The molecule has 1 heterocycles. The SMILES string of the molecule is CC(C)c1ccc(C2(C(C)C#N)CCN(C(=O)OC(C)(C)C)CC2)cc1. The average molecular weight is 357 g/mol. The van der Waals surface area contributed by atoms with Crippen LogP contribution in [0.4, 0.5) is 4.79 Å². The van der Waals surface area contributed by atoms with Crippen LogP contribution in [-0.4, -0.2) is 29.7 Å². The van der Waals surface area contributed by atoms with Crippen molar-refractivity contribution < 1.29 is 9.53 Å². The van der Waals surface area contributed by atoms with Gasteiger partial charge in [0.25, 0.3) is 0 Å². The van der Waals surface area contributed by atoms with Gasteiger partial charge in [0, 0.05) is 18.5 Å². The molecule has 1 aromatic carbocycles. The van der Waals surface area contributed by atoms with Gasteiger partial charge in [-0.15, -0.1) is 0 Å². The molecule has 0 aliphatic carbocycles. The van der Waals surface area contributed by atoms with E-state index in [0.717, 1.165) is 12.8 Å². The molecular formula is C22H32N2O2. The van der Waals surface area contributed by atoms with Gasteiger partial charge in [-0.25, -0.2) is 4.79 Å². The molecule has 1 aliphatic rings. The van der Waals surface area contributed by atoms with Crippen LogP contribution in [0.1, 0.15) is 71.4 Å². The maximum absolute atomic E-state index is 12.4. The number of ether oxygens (including phenoxy) is 1. The Morgan fingerprint density at radius 2 is 1.69 bits per heavy atom. The van der Waals surface area contributed by atoms with E-state index < -0.39 is 5.60 Å². The molecule has 4 nitrogen and oxygen atoms in total. The van der Waals surface area contributed by atoms with Gasteiger partial charge in [-0.3, -0.25) is 0 Å². The van der Waals surface area contributed by atoms with Crippen LogP contribution in [0.3, 0.4) is 0 Å². The van der Waals surface area contributed by atoms with E-state index in [2.05, 4.69) is 44.2 Å². The summed E-state index contributed by atoms with van der Waals surface area (Å²) in [5.74, 6) is 0.385. The van der Waals surface area contributed by atoms with Crippen molar-refractivity contribution in [2.24, 2.45) is 5.92 Å². The number of amides is 1. The molecule has 0 spiro atoms. The van der Waals surface area contributed by atoms with Crippen LogP contribution in [0.25, 0.3) is 0 Å². The van der Waals surface area contributed by atoms with Gasteiger partial charge >= 0.3 is 6.09 Å². The quantitative estimate of drug-likeness (QED) is 0.744. The molecule has 4 heteroatoms. The Bertz CT molecular complexity index is 657. The molecule has 1 saturated heterocycles. The number of carbonyl (C=O) groups excluding carboxylic acids is 1. The van der Waals surface area contributed by atoms with Gasteiger partial charge < -0.3 is 9.64 Å². The molecule has 0 aromatic heterocycles. The largest absolute Gasteiger partial charge is 0.444 e. The van der Waals surface area contributed by atoms with Crippen LogP contribution >= 0.6 is 0 Å². The third kappa shape index (κ3) is 4.38. The molecule has 1 fully saturated rings. The number of hydrogen-bond acceptors (Lipinski definition) is 3. The highest BCUT2D eigenvalue weighted by Gasteiger charge is 2.42. The van der Waals surface area contributed by atoms with E-state index in [1.165, 1.54) is 11.1 Å². The summed E-state index contributed by atoms with van der Waals surface area (Å²) in [4.78, 5) is 14.1. The summed E-state index contributed by atoms with van der Waals surface area (Å²) in [7, 11) is 0. The van der Waals surface area contributed by atoms with E-state index in [4.69, 9.17) is 4.74 Å². The zero-order chi connectivity index (χ0) is 19.5. The molecule has 0 bridgehead atoms. The minimum Gasteiger partial charge on any atom is -0.444 e. The van der Waals surface area contributed by atoms with Gasteiger partial charge in [-0.05, 0) is 57.6 Å². The average Bonchev–Trinajstić information content (AvgIpc) is 2.59. The summed E-state index contributed by atoms with van der Waals surface area (Å²) in [6.45, 7) is 13.2. The van der Waals surface area contributed by atoms with Crippen LogP contribution in [0.2, 0.25) is 0 Å². The van der Waals surface area contributed by atoms with Crippen molar-refractivity contribution >= 4 is 6.09 Å². The minimum atomic E-state index is -0.488. The van der Waals surface area contributed by atoms with Gasteiger partial charge in [0.15, 0.2) is 0 Å². The van der Waals surface area contributed by atoms with Gasteiger partial charge in [-0.1, -0.05) is 38.1 Å². The molecule has 1 atom stereocenters. The molecule has 1 unspecified atom stereocenters. The van der Waals surface area contributed by atoms with Crippen molar-refractivity contribution in [3.8, 4) is 6.07 Å². The lowest BCUT2D eigenvalue weighted by atomic mass is 9.65. The predicted molar refractivity (Wildman–Crippen MR) is 104 cm³/mol. The highest BCUT2D eigenvalue weighted by molar-refractivity contribution is 5.68. The normalized spacial score (nSPS) is 18.3. The fourth-order valence-electron chi connectivity index (χ4n) is 3.71. The third-order valence-corrected chi connectivity index (χ3v) is 5.48. The number of nitriles is 1. The molecule has 1 aromatic rings. The molecular weight excluding hydrogens is 324 g/mol. The number of benzene rings is 1. The molecule has 1 aliphatic heterocycles. The lowest BCUT2D eigenvalue weighted by Crippen LogP contribution is -2.49. The van der Waals surface area contributed by atoms with Crippen molar-refractivity contribution in [1.82, 2.24) is 4.90 Å². The smallest absolute Gasteiger partial charge is 0.410 e. The Hall–Kier alpha value is -2.02.